The fourth-order valence-electron chi connectivity index (χ4n) is 2.79. The van der Waals surface area contributed by atoms with E-state index >= 15 is 0 Å². The van der Waals surface area contributed by atoms with Gasteiger partial charge in [-0.3, -0.25) is 10.1 Å². The summed E-state index contributed by atoms with van der Waals surface area (Å²) in [6.45, 7) is 0.276. The van der Waals surface area contributed by atoms with Crippen LogP contribution in [0.1, 0.15) is 32.1 Å². The fraction of sp³-hybridized carbons (Fsp3) is 0.692. The van der Waals surface area contributed by atoms with Crippen LogP contribution in [-0.4, -0.2) is 46.2 Å². The van der Waals surface area contributed by atoms with Crippen molar-refractivity contribution in [3.8, 4) is 0 Å². The number of nitrogens with one attached hydrogen (secondary N) is 1. The summed E-state index contributed by atoms with van der Waals surface area (Å²) in [5, 5.41) is 23.3. The van der Waals surface area contributed by atoms with Gasteiger partial charge in [0.2, 0.25) is 11.8 Å². The summed E-state index contributed by atoms with van der Waals surface area (Å²) in [5.74, 6) is 0.634. The third-order valence-electron chi connectivity index (χ3n) is 3.80. The first kappa shape index (κ1) is 15.4. The van der Waals surface area contributed by atoms with Crippen molar-refractivity contribution < 1.29 is 10.0 Å². The van der Waals surface area contributed by atoms with Gasteiger partial charge in [-0.25, -0.2) is 4.98 Å². The Kier molecular flexibility index (Phi) is 5.26. The second-order valence-corrected chi connectivity index (χ2v) is 5.12. The molecule has 0 aromatic carbocycles. The zero-order valence-electron chi connectivity index (χ0n) is 12.2. The average molecular weight is 295 g/mol. The van der Waals surface area contributed by atoms with Gasteiger partial charge in [-0.2, -0.15) is 4.98 Å². The second-order valence-electron chi connectivity index (χ2n) is 5.12. The molecule has 0 bridgehead atoms. The Hall–Kier alpha value is -1.96. The molecule has 0 saturated heterocycles. The van der Waals surface area contributed by atoms with Gasteiger partial charge in [0.1, 0.15) is 6.20 Å². The zero-order valence-corrected chi connectivity index (χ0v) is 12.2. The summed E-state index contributed by atoms with van der Waals surface area (Å²) in [6.07, 6.45) is 6.55. The number of aliphatic hydroxyl groups is 1. The Morgan fingerprint density at radius 3 is 2.76 bits per heavy atom. The molecule has 0 radical (unpaired) electrons. The van der Waals surface area contributed by atoms with Gasteiger partial charge in [0, 0.05) is 19.6 Å². The van der Waals surface area contributed by atoms with Crippen molar-refractivity contribution in [3.05, 3.63) is 16.3 Å². The minimum absolute atomic E-state index is 0.0630. The van der Waals surface area contributed by atoms with E-state index in [1.54, 1.807) is 7.05 Å². The van der Waals surface area contributed by atoms with Crippen LogP contribution in [0.3, 0.4) is 0 Å². The summed E-state index contributed by atoms with van der Waals surface area (Å²) >= 11 is 0. The SMILES string of the molecule is CNc1ncc([N+](=O)[O-])c(N(CCO)C2CCCCC2)n1. The maximum Gasteiger partial charge on any atom is 0.329 e. The third-order valence-corrected chi connectivity index (χ3v) is 3.80. The van der Waals surface area contributed by atoms with E-state index in [0.717, 1.165) is 25.7 Å². The first-order chi connectivity index (χ1) is 10.2. The van der Waals surface area contributed by atoms with E-state index in [4.69, 9.17) is 0 Å². The lowest BCUT2D eigenvalue weighted by Gasteiger charge is -2.34. The molecule has 1 aromatic heterocycles. The van der Waals surface area contributed by atoms with Crippen LogP contribution < -0.4 is 10.2 Å². The summed E-state index contributed by atoms with van der Waals surface area (Å²) in [5.41, 5.74) is -0.118. The minimum atomic E-state index is -0.470. The van der Waals surface area contributed by atoms with E-state index < -0.39 is 4.92 Å². The van der Waals surface area contributed by atoms with E-state index in [2.05, 4.69) is 15.3 Å². The number of hydrogen-bond acceptors (Lipinski definition) is 7. The van der Waals surface area contributed by atoms with Crippen molar-refractivity contribution in [2.75, 3.05) is 30.4 Å². The summed E-state index contributed by atoms with van der Waals surface area (Å²) < 4.78 is 0. The maximum atomic E-state index is 11.2. The fourth-order valence-corrected chi connectivity index (χ4v) is 2.79. The average Bonchev–Trinajstić information content (AvgIpc) is 2.52. The Morgan fingerprint density at radius 1 is 1.48 bits per heavy atom. The summed E-state index contributed by atoms with van der Waals surface area (Å²) in [7, 11) is 1.67. The van der Waals surface area contributed by atoms with Crippen LogP contribution >= 0.6 is 0 Å². The van der Waals surface area contributed by atoms with E-state index in [9.17, 15) is 15.2 Å². The highest BCUT2D eigenvalue weighted by atomic mass is 16.6. The van der Waals surface area contributed by atoms with E-state index in [-0.39, 0.29) is 18.3 Å². The van der Waals surface area contributed by atoms with Crippen LogP contribution in [0.15, 0.2) is 6.20 Å². The van der Waals surface area contributed by atoms with Gasteiger partial charge in [-0.15, -0.1) is 0 Å². The number of nitrogens with zero attached hydrogens (tertiary/aromatic N) is 4. The normalized spacial score (nSPS) is 15.7. The summed E-state index contributed by atoms with van der Waals surface area (Å²) in [4.78, 5) is 20.8. The van der Waals surface area contributed by atoms with Gasteiger partial charge < -0.3 is 15.3 Å². The molecule has 2 rings (SSSR count). The Bertz CT molecular complexity index is 491. The van der Waals surface area contributed by atoms with Gasteiger partial charge in [-0.05, 0) is 12.8 Å². The van der Waals surface area contributed by atoms with Crippen LogP contribution in [-0.2, 0) is 0 Å². The molecule has 1 aliphatic rings. The molecular weight excluding hydrogens is 274 g/mol. The van der Waals surface area contributed by atoms with Crippen molar-refractivity contribution in [2.24, 2.45) is 0 Å². The number of anilines is 2. The minimum Gasteiger partial charge on any atom is -0.395 e. The van der Waals surface area contributed by atoms with Crippen molar-refractivity contribution in [1.82, 2.24) is 9.97 Å². The van der Waals surface area contributed by atoms with Crippen LogP contribution in [0.2, 0.25) is 0 Å². The lowest BCUT2D eigenvalue weighted by Crippen LogP contribution is -2.40. The lowest BCUT2D eigenvalue weighted by molar-refractivity contribution is -0.384. The monoisotopic (exact) mass is 295 g/mol. The highest BCUT2D eigenvalue weighted by Gasteiger charge is 2.29. The molecular formula is C13H21N5O3. The lowest BCUT2D eigenvalue weighted by atomic mass is 9.94. The number of rotatable bonds is 6. The molecule has 1 aliphatic carbocycles. The van der Waals surface area contributed by atoms with Crippen LogP contribution in [0.25, 0.3) is 0 Å². The maximum absolute atomic E-state index is 11.2. The predicted molar refractivity (Wildman–Crippen MR) is 79.5 cm³/mol. The molecule has 1 saturated carbocycles. The number of nitro groups is 1. The molecule has 1 heterocycles. The van der Waals surface area contributed by atoms with Crippen LogP contribution in [0.5, 0.6) is 0 Å². The standard InChI is InChI=1S/C13H21N5O3/c1-14-13-15-9-11(18(20)21)12(16-13)17(7-8-19)10-5-3-2-4-6-10/h9-10,19H,2-8H2,1H3,(H,14,15,16). The first-order valence-corrected chi connectivity index (χ1v) is 7.24. The Morgan fingerprint density at radius 2 is 2.19 bits per heavy atom. The predicted octanol–water partition coefficient (Wildman–Crippen LogP) is 1.56. The van der Waals surface area contributed by atoms with Crippen molar-refractivity contribution in [3.63, 3.8) is 0 Å². The molecule has 1 fully saturated rings. The number of aliphatic hydroxyl groups excluding tert-OH is 1. The Balaban J connectivity index is 2.39. The molecule has 0 spiro atoms. The molecule has 1 aromatic rings. The van der Waals surface area contributed by atoms with Gasteiger partial charge in [0.25, 0.3) is 0 Å². The molecule has 8 heteroatoms. The summed E-state index contributed by atoms with van der Waals surface area (Å²) in [6, 6.07) is 0.184. The van der Waals surface area contributed by atoms with Crippen LogP contribution in [0.4, 0.5) is 17.5 Å². The highest BCUT2D eigenvalue weighted by Crippen LogP contribution is 2.32. The van der Waals surface area contributed by atoms with Gasteiger partial charge >= 0.3 is 5.69 Å². The topological polar surface area (TPSA) is 104 Å². The number of aromatic nitrogens is 2. The van der Waals surface area contributed by atoms with Crippen molar-refractivity contribution in [1.29, 1.82) is 0 Å². The highest BCUT2D eigenvalue weighted by molar-refractivity contribution is 5.59. The molecule has 0 amide bonds. The molecule has 116 valence electrons. The zero-order chi connectivity index (χ0) is 15.2. The second kappa shape index (κ2) is 7.16. The first-order valence-electron chi connectivity index (χ1n) is 7.24. The molecule has 21 heavy (non-hydrogen) atoms. The molecule has 0 atom stereocenters. The van der Waals surface area contributed by atoms with Gasteiger partial charge in [0.05, 0.1) is 11.5 Å². The van der Waals surface area contributed by atoms with E-state index in [1.165, 1.54) is 12.6 Å². The molecule has 0 aliphatic heterocycles. The largest absolute Gasteiger partial charge is 0.395 e. The van der Waals surface area contributed by atoms with Gasteiger partial charge in [0.15, 0.2) is 0 Å². The van der Waals surface area contributed by atoms with Crippen molar-refractivity contribution in [2.45, 2.75) is 38.1 Å². The molecule has 8 nitrogen and oxygen atoms in total. The van der Waals surface area contributed by atoms with Crippen LogP contribution in [0, 0.1) is 10.1 Å². The quantitative estimate of drug-likeness (QED) is 0.606. The number of hydrogen-bond donors (Lipinski definition) is 2. The van der Waals surface area contributed by atoms with Crippen molar-refractivity contribution >= 4 is 17.5 Å². The van der Waals surface area contributed by atoms with Gasteiger partial charge in [-0.1, -0.05) is 19.3 Å². The van der Waals surface area contributed by atoms with E-state index in [0.29, 0.717) is 18.3 Å². The molecule has 2 N–H and O–H groups in total. The molecule has 0 unspecified atom stereocenters. The smallest absolute Gasteiger partial charge is 0.329 e. The Labute approximate surface area is 123 Å². The van der Waals surface area contributed by atoms with E-state index in [1.807, 2.05) is 4.90 Å². The third kappa shape index (κ3) is 3.57.